The molecule has 2 amide bonds. The maximum Gasteiger partial charge on any atom is 0.342 e. The first-order valence-electron chi connectivity index (χ1n) is 7.07. The Hall–Kier alpha value is -3.07. The molecule has 1 aromatic heterocycles. The van der Waals surface area contributed by atoms with Crippen LogP contribution in [0.5, 0.6) is 11.5 Å². The highest BCUT2D eigenvalue weighted by atomic mass is 32.1. The Balaban J connectivity index is 1.87. The van der Waals surface area contributed by atoms with Crippen molar-refractivity contribution in [3.05, 3.63) is 46.2 Å². The van der Waals surface area contributed by atoms with Crippen LogP contribution < -0.4 is 20.3 Å². The van der Waals surface area contributed by atoms with Gasteiger partial charge >= 0.3 is 5.97 Å². The molecule has 0 saturated carbocycles. The molecule has 2 rings (SSSR count). The number of nitrogens with one attached hydrogen (secondary N) is 2. The van der Waals surface area contributed by atoms with Gasteiger partial charge in [-0.25, -0.2) is 4.79 Å². The molecule has 8 nitrogen and oxygen atoms in total. The van der Waals surface area contributed by atoms with Gasteiger partial charge in [-0.05, 0) is 23.6 Å². The highest BCUT2D eigenvalue weighted by Crippen LogP contribution is 2.30. The number of methoxy groups -OCH3 is 2. The molecular weight excluding hydrogens is 348 g/mol. The molecule has 0 fully saturated rings. The molecule has 0 bridgehead atoms. The number of amides is 2. The Morgan fingerprint density at radius 2 is 1.84 bits per heavy atom. The number of ether oxygens (including phenoxy) is 3. The summed E-state index contributed by atoms with van der Waals surface area (Å²) in [4.78, 5) is 35.9. The molecule has 0 unspecified atom stereocenters. The Morgan fingerprint density at radius 1 is 1.04 bits per heavy atom. The van der Waals surface area contributed by atoms with E-state index < -0.39 is 24.4 Å². The van der Waals surface area contributed by atoms with Gasteiger partial charge in [0.2, 0.25) is 0 Å². The summed E-state index contributed by atoms with van der Waals surface area (Å²) in [6, 6.07) is 8.04. The molecular formula is C16H16N2O6S. The van der Waals surface area contributed by atoms with E-state index in [1.54, 1.807) is 29.6 Å². The minimum Gasteiger partial charge on any atom is -0.493 e. The standard InChI is InChI=1S/C16H16N2O6S/c1-22-11-6-3-5-10(14(11)23-2)16(21)24-9-13(19)17-18-15(20)12-7-4-8-25-12/h3-8H,9H2,1-2H3,(H,17,19)(H,18,20). The van der Waals surface area contributed by atoms with Crippen molar-refractivity contribution in [2.24, 2.45) is 0 Å². The van der Waals surface area contributed by atoms with Crippen molar-refractivity contribution >= 4 is 29.1 Å². The molecule has 25 heavy (non-hydrogen) atoms. The van der Waals surface area contributed by atoms with E-state index in [9.17, 15) is 14.4 Å². The third kappa shape index (κ3) is 4.70. The van der Waals surface area contributed by atoms with E-state index in [1.165, 1.54) is 31.6 Å². The molecule has 0 aliphatic carbocycles. The van der Waals surface area contributed by atoms with Crippen molar-refractivity contribution in [2.75, 3.05) is 20.8 Å². The molecule has 0 aliphatic heterocycles. The molecule has 0 atom stereocenters. The highest BCUT2D eigenvalue weighted by molar-refractivity contribution is 7.12. The van der Waals surface area contributed by atoms with E-state index in [-0.39, 0.29) is 11.3 Å². The van der Waals surface area contributed by atoms with Crippen LogP contribution in [0.3, 0.4) is 0 Å². The summed E-state index contributed by atoms with van der Waals surface area (Å²) in [6.07, 6.45) is 0. The van der Waals surface area contributed by atoms with Crippen LogP contribution in [0.4, 0.5) is 0 Å². The molecule has 0 spiro atoms. The number of hydrazine groups is 1. The van der Waals surface area contributed by atoms with Gasteiger partial charge in [0.15, 0.2) is 18.1 Å². The van der Waals surface area contributed by atoms with E-state index >= 15 is 0 Å². The lowest BCUT2D eigenvalue weighted by molar-refractivity contribution is -0.125. The largest absolute Gasteiger partial charge is 0.493 e. The zero-order chi connectivity index (χ0) is 18.2. The van der Waals surface area contributed by atoms with Crippen molar-refractivity contribution in [3.63, 3.8) is 0 Å². The first-order valence-corrected chi connectivity index (χ1v) is 7.95. The van der Waals surface area contributed by atoms with Crippen LogP contribution in [0.1, 0.15) is 20.0 Å². The van der Waals surface area contributed by atoms with Crippen molar-refractivity contribution < 1.29 is 28.6 Å². The van der Waals surface area contributed by atoms with E-state index in [4.69, 9.17) is 14.2 Å². The molecule has 1 aromatic carbocycles. The third-order valence-corrected chi connectivity index (χ3v) is 3.89. The van der Waals surface area contributed by atoms with Crippen LogP contribution in [-0.4, -0.2) is 38.6 Å². The number of benzene rings is 1. The van der Waals surface area contributed by atoms with Crippen molar-refractivity contribution in [2.45, 2.75) is 0 Å². The Kier molecular flexibility index (Phi) is 6.35. The highest BCUT2D eigenvalue weighted by Gasteiger charge is 2.18. The lowest BCUT2D eigenvalue weighted by Crippen LogP contribution is -2.43. The Labute approximate surface area is 147 Å². The van der Waals surface area contributed by atoms with E-state index in [0.29, 0.717) is 10.6 Å². The smallest absolute Gasteiger partial charge is 0.342 e. The predicted molar refractivity (Wildman–Crippen MR) is 89.8 cm³/mol. The quantitative estimate of drug-likeness (QED) is 0.593. The second-order valence-corrected chi connectivity index (χ2v) is 5.54. The second kappa shape index (κ2) is 8.69. The summed E-state index contributed by atoms with van der Waals surface area (Å²) >= 11 is 1.23. The van der Waals surface area contributed by atoms with Gasteiger partial charge in [-0.2, -0.15) is 0 Å². The van der Waals surface area contributed by atoms with Crippen LogP contribution in [0.2, 0.25) is 0 Å². The van der Waals surface area contributed by atoms with Crippen LogP contribution in [-0.2, 0) is 9.53 Å². The summed E-state index contributed by atoms with van der Waals surface area (Å²) in [5, 5.41) is 1.74. The first kappa shape index (κ1) is 18.3. The maximum absolute atomic E-state index is 12.1. The monoisotopic (exact) mass is 364 g/mol. The third-order valence-electron chi connectivity index (χ3n) is 3.02. The number of para-hydroxylation sites is 1. The average molecular weight is 364 g/mol. The van der Waals surface area contributed by atoms with Crippen LogP contribution in [0.15, 0.2) is 35.7 Å². The number of rotatable bonds is 6. The minimum absolute atomic E-state index is 0.122. The second-order valence-electron chi connectivity index (χ2n) is 4.60. The van der Waals surface area contributed by atoms with Crippen molar-refractivity contribution in [1.29, 1.82) is 0 Å². The van der Waals surface area contributed by atoms with E-state index in [1.807, 2.05) is 0 Å². The maximum atomic E-state index is 12.1. The summed E-state index contributed by atoms with van der Waals surface area (Å²) in [5.74, 6) is -1.31. The zero-order valence-electron chi connectivity index (χ0n) is 13.5. The van der Waals surface area contributed by atoms with Gasteiger partial charge in [0, 0.05) is 0 Å². The van der Waals surface area contributed by atoms with Crippen molar-refractivity contribution in [3.8, 4) is 11.5 Å². The van der Waals surface area contributed by atoms with Gasteiger partial charge in [0.1, 0.15) is 5.56 Å². The fourth-order valence-corrected chi connectivity index (χ4v) is 2.51. The SMILES string of the molecule is COc1cccc(C(=O)OCC(=O)NNC(=O)c2cccs2)c1OC. The normalized spacial score (nSPS) is 9.84. The zero-order valence-corrected chi connectivity index (χ0v) is 14.3. The lowest BCUT2D eigenvalue weighted by Gasteiger charge is -2.12. The van der Waals surface area contributed by atoms with Gasteiger partial charge in [0.05, 0.1) is 19.1 Å². The van der Waals surface area contributed by atoms with Gasteiger partial charge in [0.25, 0.3) is 11.8 Å². The number of thiophene rings is 1. The topological polar surface area (TPSA) is 103 Å². The summed E-state index contributed by atoms with van der Waals surface area (Å²) in [5.41, 5.74) is 4.51. The van der Waals surface area contributed by atoms with E-state index in [2.05, 4.69) is 10.9 Å². The summed E-state index contributed by atoms with van der Waals surface area (Å²) in [7, 11) is 2.83. The van der Waals surface area contributed by atoms with E-state index in [0.717, 1.165) is 0 Å². The van der Waals surface area contributed by atoms with Gasteiger partial charge in [-0.15, -0.1) is 11.3 Å². The fraction of sp³-hybridized carbons (Fsp3) is 0.188. The first-order chi connectivity index (χ1) is 12.1. The molecule has 0 aliphatic rings. The predicted octanol–water partition coefficient (Wildman–Crippen LogP) is 1.38. The number of carbonyl (C=O) groups excluding carboxylic acids is 3. The number of esters is 1. The molecule has 132 valence electrons. The van der Waals surface area contributed by atoms with Gasteiger partial charge in [-0.3, -0.25) is 20.4 Å². The molecule has 1 heterocycles. The Morgan fingerprint density at radius 3 is 2.48 bits per heavy atom. The van der Waals surface area contributed by atoms with Gasteiger partial charge < -0.3 is 14.2 Å². The molecule has 2 N–H and O–H groups in total. The molecule has 0 saturated heterocycles. The lowest BCUT2D eigenvalue weighted by atomic mass is 10.2. The Bertz CT molecular complexity index is 760. The number of carbonyl (C=O) groups is 3. The summed E-state index contributed by atoms with van der Waals surface area (Å²) in [6.45, 7) is -0.566. The molecule has 0 radical (unpaired) electrons. The summed E-state index contributed by atoms with van der Waals surface area (Å²) < 4.78 is 15.1. The fourth-order valence-electron chi connectivity index (χ4n) is 1.89. The number of hydrogen-bond acceptors (Lipinski definition) is 7. The van der Waals surface area contributed by atoms with Crippen molar-refractivity contribution in [1.82, 2.24) is 10.9 Å². The molecule has 9 heteroatoms. The van der Waals surface area contributed by atoms with Crippen LogP contribution in [0, 0.1) is 0 Å². The number of hydrogen-bond donors (Lipinski definition) is 2. The average Bonchev–Trinajstić information content (AvgIpc) is 3.18. The van der Waals surface area contributed by atoms with Gasteiger partial charge in [-0.1, -0.05) is 12.1 Å². The van der Waals surface area contributed by atoms with Crippen LogP contribution in [0.25, 0.3) is 0 Å². The molecule has 2 aromatic rings. The minimum atomic E-state index is -0.754. The van der Waals surface area contributed by atoms with Crippen LogP contribution >= 0.6 is 11.3 Å².